The molecule has 0 spiro atoms. The second-order valence-electron chi connectivity index (χ2n) is 6.51. The van der Waals surface area contributed by atoms with Gasteiger partial charge in [-0.15, -0.1) is 0 Å². The Balaban J connectivity index is 2.12. The lowest BCUT2D eigenvalue weighted by molar-refractivity contribution is -0.142. The third-order valence-corrected chi connectivity index (χ3v) is 4.63. The first kappa shape index (κ1) is 15.4. The molecule has 1 fully saturated rings. The van der Waals surface area contributed by atoms with E-state index in [0.29, 0.717) is 0 Å². The highest BCUT2D eigenvalue weighted by atomic mass is 79.9. The number of carboxylic acids is 1. The highest BCUT2D eigenvalue weighted by molar-refractivity contribution is 9.10. The summed E-state index contributed by atoms with van der Waals surface area (Å²) in [5.41, 5.74) is 2.59. The van der Waals surface area contributed by atoms with Gasteiger partial charge in [0.15, 0.2) is 0 Å². The Morgan fingerprint density at radius 1 is 1.30 bits per heavy atom. The molecule has 0 unspecified atom stereocenters. The van der Waals surface area contributed by atoms with Gasteiger partial charge in [0.05, 0.1) is 5.92 Å². The number of carboxylic acid groups (broad SMARTS) is 1. The van der Waals surface area contributed by atoms with Gasteiger partial charge in [0, 0.05) is 23.2 Å². The van der Waals surface area contributed by atoms with Gasteiger partial charge >= 0.3 is 5.97 Å². The van der Waals surface area contributed by atoms with E-state index in [1.165, 1.54) is 11.3 Å². The van der Waals surface area contributed by atoms with Crippen LogP contribution < -0.4 is 4.90 Å². The van der Waals surface area contributed by atoms with Gasteiger partial charge in [-0.25, -0.2) is 0 Å². The molecule has 1 heterocycles. The van der Waals surface area contributed by atoms with Gasteiger partial charge in [-0.05, 0) is 36.0 Å². The van der Waals surface area contributed by atoms with Gasteiger partial charge in [-0.1, -0.05) is 42.8 Å². The largest absolute Gasteiger partial charge is 0.481 e. The summed E-state index contributed by atoms with van der Waals surface area (Å²) < 4.78 is 1.13. The van der Waals surface area contributed by atoms with Gasteiger partial charge in [-0.2, -0.15) is 0 Å². The molecule has 1 saturated heterocycles. The highest BCUT2D eigenvalue weighted by Crippen LogP contribution is 2.33. The van der Waals surface area contributed by atoms with Crippen LogP contribution in [0.15, 0.2) is 22.7 Å². The number of hydrogen-bond acceptors (Lipinski definition) is 2. The summed E-state index contributed by atoms with van der Waals surface area (Å²) in [7, 11) is 0. The van der Waals surface area contributed by atoms with Crippen LogP contribution in [-0.2, 0) is 10.2 Å². The quantitative estimate of drug-likeness (QED) is 0.883. The fraction of sp³-hybridized carbons (Fsp3) is 0.562. The van der Waals surface area contributed by atoms with Gasteiger partial charge in [0.25, 0.3) is 0 Å². The predicted molar refractivity (Wildman–Crippen MR) is 85.4 cm³/mol. The van der Waals surface area contributed by atoms with E-state index in [9.17, 15) is 4.79 Å². The first-order valence-corrected chi connectivity index (χ1v) is 7.86. The van der Waals surface area contributed by atoms with E-state index >= 15 is 0 Å². The number of halogens is 1. The smallest absolute Gasteiger partial charge is 0.306 e. The van der Waals surface area contributed by atoms with Crippen LogP contribution in [0, 0.1) is 5.92 Å². The molecule has 3 nitrogen and oxygen atoms in total. The van der Waals surface area contributed by atoms with Crippen molar-refractivity contribution in [2.45, 2.75) is 39.0 Å². The van der Waals surface area contributed by atoms with E-state index in [1.54, 1.807) is 0 Å². The van der Waals surface area contributed by atoms with Crippen LogP contribution in [0.5, 0.6) is 0 Å². The van der Waals surface area contributed by atoms with Crippen molar-refractivity contribution in [2.75, 3.05) is 18.0 Å². The molecular formula is C16H22BrNO2. The molecule has 20 heavy (non-hydrogen) atoms. The standard InChI is InChI=1S/C16H22BrNO2/c1-16(2,3)13-5-4-12(10-14(13)17)18-8-6-11(7-9-18)15(19)20/h4-5,10-11H,6-9H2,1-3H3,(H,19,20). The van der Waals surface area contributed by atoms with Crippen LogP contribution in [0.4, 0.5) is 5.69 Å². The molecule has 1 aliphatic heterocycles. The van der Waals surface area contributed by atoms with E-state index in [2.05, 4.69) is 59.8 Å². The van der Waals surface area contributed by atoms with Gasteiger partial charge in [0.1, 0.15) is 0 Å². The maximum absolute atomic E-state index is 11.0. The molecule has 1 N–H and O–H groups in total. The summed E-state index contributed by atoms with van der Waals surface area (Å²) in [5.74, 6) is -0.836. The molecule has 0 amide bonds. The van der Waals surface area contributed by atoms with Crippen LogP contribution in [0.2, 0.25) is 0 Å². The Labute approximate surface area is 129 Å². The lowest BCUT2D eigenvalue weighted by Gasteiger charge is -2.32. The zero-order valence-electron chi connectivity index (χ0n) is 12.3. The molecule has 4 heteroatoms. The molecule has 0 bridgehead atoms. The Morgan fingerprint density at radius 2 is 1.90 bits per heavy atom. The Kier molecular flexibility index (Phi) is 4.43. The molecule has 0 aromatic heterocycles. The van der Waals surface area contributed by atoms with Crippen molar-refractivity contribution in [1.29, 1.82) is 0 Å². The molecule has 0 atom stereocenters. The lowest BCUT2D eigenvalue weighted by atomic mass is 9.87. The Bertz CT molecular complexity index is 500. The Morgan fingerprint density at radius 3 is 2.35 bits per heavy atom. The van der Waals surface area contributed by atoms with Crippen molar-refractivity contribution in [1.82, 2.24) is 0 Å². The van der Waals surface area contributed by atoms with Gasteiger partial charge < -0.3 is 10.0 Å². The summed E-state index contributed by atoms with van der Waals surface area (Å²) in [5, 5.41) is 9.04. The van der Waals surface area contributed by atoms with Crippen LogP contribution >= 0.6 is 15.9 Å². The molecule has 0 saturated carbocycles. The summed E-state index contributed by atoms with van der Waals surface area (Å²) in [4.78, 5) is 13.3. The third kappa shape index (κ3) is 3.35. The number of piperidine rings is 1. The topological polar surface area (TPSA) is 40.5 Å². The first-order chi connectivity index (χ1) is 9.29. The zero-order chi connectivity index (χ0) is 14.9. The number of nitrogens with zero attached hydrogens (tertiary/aromatic N) is 1. The lowest BCUT2D eigenvalue weighted by Crippen LogP contribution is -2.36. The number of rotatable bonds is 2. The number of hydrogen-bond donors (Lipinski definition) is 1. The van der Waals surface area contributed by atoms with E-state index in [1.807, 2.05) is 0 Å². The monoisotopic (exact) mass is 339 g/mol. The first-order valence-electron chi connectivity index (χ1n) is 7.07. The minimum Gasteiger partial charge on any atom is -0.481 e. The predicted octanol–water partition coefficient (Wildman–Crippen LogP) is 4.05. The second kappa shape index (κ2) is 5.76. The molecular weight excluding hydrogens is 318 g/mol. The van der Waals surface area contributed by atoms with Crippen LogP contribution in [0.25, 0.3) is 0 Å². The van der Waals surface area contributed by atoms with Crippen molar-refractivity contribution >= 4 is 27.6 Å². The molecule has 1 aromatic carbocycles. The third-order valence-electron chi connectivity index (χ3n) is 3.97. The maximum atomic E-state index is 11.0. The second-order valence-corrected chi connectivity index (χ2v) is 7.37. The summed E-state index contributed by atoms with van der Waals surface area (Å²) in [6.45, 7) is 8.23. The SMILES string of the molecule is CC(C)(C)c1ccc(N2CCC(C(=O)O)CC2)cc1Br. The van der Waals surface area contributed by atoms with Gasteiger partial charge in [0.2, 0.25) is 0 Å². The number of aliphatic carboxylic acids is 1. The average molecular weight is 340 g/mol. The molecule has 2 rings (SSSR count). The van der Waals surface area contributed by atoms with Crippen LogP contribution in [0.3, 0.4) is 0 Å². The summed E-state index contributed by atoms with van der Waals surface area (Å²) >= 11 is 3.66. The molecule has 0 radical (unpaired) electrons. The minimum atomic E-state index is -0.658. The average Bonchev–Trinajstić information content (AvgIpc) is 2.37. The van der Waals surface area contributed by atoms with Crippen molar-refractivity contribution in [3.8, 4) is 0 Å². The number of anilines is 1. The van der Waals surface area contributed by atoms with Crippen LogP contribution in [-0.4, -0.2) is 24.2 Å². The Hall–Kier alpha value is -1.03. The zero-order valence-corrected chi connectivity index (χ0v) is 13.9. The minimum absolute atomic E-state index is 0.119. The van der Waals surface area contributed by atoms with Crippen LogP contribution in [0.1, 0.15) is 39.2 Å². The molecule has 0 aliphatic carbocycles. The van der Waals surface area contributed by atoms with Crippen molar-refractivity contribution in [2.24, 2.45) is 5.92 Å². The molecule has 110 valence electrons. The van der Waals surface area contributed by atoms with Crippen molar-refractivity contribution < 1.29 is 9.90 Å². The normalized spacial score (nSPS) is 17.3. The molecule has 1 aliphatic rings. The van der Waals surface area contributed by atoms with Crippen molar-refractivity contribution in [3.05, 3.63) is 28.2 Å². The van der Waals surface area contributed by atoms with E-state index in [-0.39, 0.29) is 11.3 Å². The fourth-order valence-corrected chi connectivity index (χ4v) is 3.66. The van der Waals surface area contributed by atoms with E-state index < -0.39 is 5.97 Å². The fourth-order valence-electron chi connectivity index (χ4n) is 2.69. The number of benzene rings is 1. The number of carbonyl (C=O) groups is 1. The molecule has 1 aromatic rings. The highest BCUT2D eigenvalue weighted by Gasteiger charge is 2.25. The van der Waals surface area contributed by atoms with Gasteiger partial charge in [-0.3, -0.25) is 4.79 Å². The van der Waals surface area contributed by atoms with E-state index in [4.69, 9.17) is 5.11 Å². The van der Waals surface area contributed by atoms with E-state index in [0.717, 1.165) is 30.4 Å². The van der Waals surface area contributed by atoms with Crippen molar-refractivity contribution in [3.63, 3.8) is 0 Å². The summed E-state index contributed by atoms with van der Waals surface area (Å²) in [6, 6.07) is 6.47. The maximum Gasteiger partial charge on any atom is 0.306 e. The summed E-state index contributed by atoms with van der Waals surface area (Å²) in [6.07, 6.45) is 1.46.